The van der Waals surface area contributed by atoms with Gasteiger partial charge in [-0.1, -0.05) is 30.3 Å². The van der Waals surface area contributed by atoms with Crippen molar-refractivity contribution in [2.24, 2.45) is 17.8 Å². The molecule has 1 nitrogen and oxygen atoms in total. The van der Waals surface area contributed by atoms with E-state index in [2.05, 4.69) is 36.4 Å². The number of nitrogens with zero attached hydrogens (tertiary/aromatic N) is 1. The Morgan fingerprint density at radius 1 is 1.07 bits per heavy atom. The Morgan fingerprint density at radius 2 is 1.80 bits per heavy atom. The zero-order valence-electron chi connectivity index (χ0n) is 8.76. The largest absolute Gasteiger partial charge is 0.198 e. The molecule has 0 unspecified atom stereocenters. The second kappa shape index (κ2) is 3.38. The minimum absolute atomic E-state index is 0.283. The molecule has 2 fully saturated rings. The predicted octanol–water partition coefficient (Wildman–Crippen LogP) is 3.34. The highest BCUT2D eigenvalue weighted by Crippen LogP contribution is 2.56. The zero-order chi connectivity index (χ0) is 10.3. The van der Waals surface area contributed by atoms with Gasteiger partial charge in [0, 0.05) is 5.92 Å². The van der Waals surface area contributed by atoms with E-state index in [9.17, 15) is 5.26 Å². The van der Waals surface area contributed by atoms with E-state index in [1.165, 1.54) is 24.8 Å². The van der Waals surface area contributed by atoms with E-state index in [0.29, 0.717) is 11.8 Å². The Morgan fingerprint density at radius 3 is 2.53 bits per heavy atom. The van der Waals surface area contributed by atoms with Crippen molar-refractivity contribution < 1.29 is 0 Å². The quantitative estimate of drug-likeness (QED) is 0.677. The highest BCUT2D eigenvalue weighted by molar-refractivity contribution is 5.27. The molecule has 1 heteroatoms. The summed E-state index contributed by atoms with van der Waals surface area (Å²) in [5, 5.41) is 9.27. The molecular formula is C14H15N. The van der Waals surface area contributed by atoms with Crippen molar-refractivity contribution in [3.8, 4) is 6.07 Å². The van der Waals surface area contributed by atoms with Crippen LogP contribution in [0.3, 0.4) is 0 Å². The number of benzene rings is 1. The topological polar surface area (TPSA) is 23.8 Å². The fraction of sp³-hybridized carbons (Fsp3) is 0.500. The molecular weight excluding hydrogens is 182 g/mol. The van der Waals surface area contributed by atoms with Crippen molar-refractivity contribution >= 4 is 0 Å². The molecule has 15 heavy (non-hydrogen) atoms. The Kier molecular flexibility index (Phi) is 2.02. The number of hydrogen-bond donors (Lipinski definition) is 0. The van der Waals surface area contributed by atoms with E-state index in [4.69, 9.17) is 0 Å². The maximum Gasteiger partial charge on any atom is 0.0665 e. The lowest BCUT2D eigenvalue weighted by atomic mass is 9.76. The highest BCUT2D eigenvalue weighted by atomic mass is 14.5. The van der Waals surface area contributed by atoms with E-state index in [-0.39, 0.29) is 5.92 Å². The van der Waals surface area contributed by atoms with Gasteiger partial charge in [0.1, 0.15) is 0 Å². The first-order chi connectivity index (χ1) is 7.40. The third kappa shape index (κ3) is 1.28. The average molecular weight is 197 g/mol. The molecule has 2 bridgehead atoms. The van der Waals surface area contributed by atoms with Crippen molar-refractivity contribution in [1.29, 1.82) is 5.26 Å². The van der Waals surface area contributed by atoms with Crippen LogP contribution in [0.15, 0.2) is 30.3 Å². The van der Waals surface area contributed by atoms with Crippen LogP contribution in [0, 0.1) is 29.1 Å². The molecule has 0 aliphatic heterocycles. The van der Waals surface area contributed by atoms with E-state index in [1.54, 1.807) is 0 Å². The number of rotatable bonds is 1. The van der Waals surface area contributed by atoms with Crippen molar-refractivity contribution in [1.82, 2.24) is 0 Å². The summed E-state index contributed by atoms with van der Waals surface area (Å²) < 4.78 is 0. The molecule has 3 rings (SSSR count). The minimum Gasteiger partial charge on any atom is -0.198 e. The summed E-state index contributed by atoms with van der Waals surface area (Å²) in [6.45, 7) is 0. The smallest absolute Gasteiger partial charge is 0.0665 e. The first-order valence-electron chi connectivity index (χ1n) is 5.84. The standard InChI is InChI=1S/C14H15N/c15-9-13-11-6-7-12(8-11)14(13)10-4-2-1-3-5-10/h1-5,11-14H,6-8H2/t11-,12+,13-,14+/m1/s1. The molecule has 0 amide bonds. The monoisotopic (exact) mass is 197 g/mol. The van der Waals surface area contributed by atoms with Gasteiger partial charge >= 0.3 is 0 Å². The fourth-order valence-electron chi connectivity index (χ4n) is 3.63. The lowest BCUT2D eigenvalue weighted by Gasteiger charge is -2.26. The van der Waals surface area contributed by atoms with Gasteiger partial charge in [0.25, 0.3) is 0 Å². The number of hydrogen-bond acceptors (Lipinski definition) is 1. The van der Waals surface area contributed by atoms with Crippen LogP contribution in [0.25, 0.3) is 0 Å². The molecule has 0 radical (unpaired) electrons. The summed E-state index contributed by atoms with van der Waals surface area (Å²) in [5.74, 6) is 2.27. The molecule has 0 saturated heterocycles. The average Bonchev–Trinajstić information content (AvgIpc) is 2.89. The van der Waals surface area contributed by atoms with Gasteiger partial charge in [-0.3, -0.25) is 0 Å². The second-order valence-corrected chi connectivity index (χ2v) is 4.92. The third-order valence-electron chi connectivity index (χ3n) is 4.25. The summed E-state index contributed by atoms with van der Waals surface area (Å²) in [6.07, 6.45) is 3.91. The third-order valence-corrected chi connectivity index (χ3v) is 4.25. The first kappa shape index (κ1) is 8.97. The van der Waals surface area contributed by atoms with E-state index >= 15 is 0 Å². The molecule has 0 aromatic heterocycles. The van der Waals surface area contributed by atoms with Crippen molar-refractivity contribution in [3.05, 3.63) is 35.9 Å². The molecule has 0 heterocycles. The van der Waals surface area contributed by atoms with Crippen molar-refractivity contribution in [2.45, 2.75) is 25.2 Å². The van der Waals surface area contributed by atoms with Gasteiger partial charge in [0.05, 0.1) is 12.0 Å². The lowest BCUT2D eigenvalue weighted by Crippen LogP contribution is -2.19. The van der Waals surface area contributed by atoms with Crippen molar-refractivity contribution in [3.63, 3.8) is 0 Å². The van der Waals surface area contributed by atoms with E-state index in [0.717, 1.165) is 5.92 Å². The van der Waals surface area contributed by atoms with Crippen LogP contribution < -0.4 is 0 Å². The molecule has 76 valence electrons. The molecule has 2 aliphatic carbocycles. The maximum absolute atomic E-state index is 9.27. The van der Waals surface area contributed by atoms with Crippen molar-refractivity contribution in [2.75, 3.05) is 0 Å². The van der Waals surface area contributed by atoms with Crippen LogP contribution in [0.2, 0.25) is 0 Å². The Balaban J connectivity index is 1.96. The van der Waals surface area contributed by atoms with Gasteiger partial charge in [-0.05, 0) is 36.7 Å². The highest BCUT2D eigenvalue weighted by Gasteiger charge is 2.48. The van der Waals surface area contributed by atoms with E-state index < -0.39 is 0 Å². The molecule has 1 aromatic rings. The molecule has 4 atom stereocenters. The number of fused-ring (bicyclic) bond motifs is 2. The molecule has 0 N–H and O–H groups in total. The fourth-order valence-corrected chi connectivity index (χ4v) is 3.63. The van der Waals surface area contributed by atoms with Gasteiger partial charge in [0.2, 0.25) is 0 Å². The Hall–Kier alpha value is -1.29. The first-order valence-corrected chi connectivity index (χ1v) is 5.84. The minimum atomic E-state index is 0.283. The van der Waals surface area contributed by atoms with Gasteiger partial charge < -0.3 is 0 Å². The SMILES string of the molecule is N#C[C@@H]1[C@@H]2CC[C@@H](C2)[C@@H]1c1ccccc1. The normalized spacial score (nSPS) is 37.8. The zero-order valence-corrected chi connectivity index (χ0v) is 8.76. The molecule has 2 aliphatic rings. The predicted molar refractivity (Wildman–Crippen MR) is 59.1 cm³/mol. The van der Waals surface area contributed by atoms with Crippen LogP contribution >= 0.6 is 0 Å². The Labute approximate surface area is 90.7 Å². The summed E-state index contributed by atoms with van der Waals surface area (Å²) in [5.41, 5.74) is 1.39. The van der Waals surface area contributed by atoms with Crippen LogP contribution in [-0.4, -0.2) is 0 Å². The summed E-state index contributed by atoms with van der Waals surface area (Å²) >= 11 is 0. The van der Waals surface area contributed by atoms with Gasteiger partial charge in [-0.2, -0.15) is 5.26 Å². The summed E-state index contributed by atoms with van der Waals surface area (Å²) in [4.78, 5) is 0. The molecule has 0 spiro atoms. The van der Waals surface area contributed by atoms with Crippen LogP contribution in [0.4, 0.5) is 0 Å². The van der Waals surface area contributed by atoms with E-state index in [1.807, 2.05) is 0 Å². The number of nitriles is 1. The van der Waals surface area contributed by atoms with Gasteiger partial charge in [-0.15, -0.1) is 0 Å². The Bertz CT molecular complexity index is 390. The van der Waals surface area contributed by atoms with Crippen LogP contribution in [0.5, 0.6) is 0 Å². The van der Waals surface area contributed by atoms with Gasteiger partial charge in [-0.25, -0.2) is 0 Å². The molecule has 2 saturated carbocycles. The summed E-state index contributed by atoms with van der Waals surface area (Å²) in [6, 6.07) is 13.2. The molecule has 1 aromatic carbocycles. The summed E-state index contributed by atoms with van der Waals surface area (Å²) in [7, 11) is 0. The van der Waals surface area contributed by atoms with Crippen LogP contribution in [-0.2, 0) is 0 Å². The lowest BCUT2D eigenvalue weighted by molar-refractivity contribution is 0.349. The maximum atomic E-state index is 9.27. The van der Waals surface area contributed by atoms with Gasteiger partial charge in [0.15, 0.2) is 0 Å². The van der Waals surface area contributed by atoms with Crippen LogP contribution in [0.1, 0.15) is 30.7 Å². The second-order valence-electron chi connectivity index (χ2n) is 4.92.